The normalized spacial score (nSPS) is 15.2. The van der Waals surface area contributed by atoms with E-state index >= 15 is 0 Å². The standard InChI is InChI=1S/C36H41ClN4O3S/c1-7-41-28-14-11-24(20-26(28)31(40-41)23-15-17-38-18-16-23)34-39-27-19-21(3)29(32(35(42)43-8-2)44-36(4,5)6)30(33(27)45-34)22-9-12-25(37)13-10-22/h9-14,19-20,23,32,38H,7-8,15-18H2,1-6H3/t32-/m0/s1. The zero-order chi connectivity index (χ0) is 31.9. The predicted molar refractivity (Wildman–Crippen MR) is 184 cm³/mol. The summed E-state index contributed by atoms with van der Waals surface area (Å²) in [6.07, 6.45) is 1.27. The van der Waals surface area contributed by atoms with E-state index < -0.39 is 17.7 Å². The van der Waals surface area contributed by atoms with Crippen molar-refractivity contribution in [1.82, 2.24) is 20.1 Å². The molecule has 6 rings (SSSR count). The smallest absolute Gasteiger partial charge is 0.339 e. The average molecular weight is 645 g/mol. The van der Waals surface area contributed by atoms with Crippen LogP contribution in [0.5, 0.6) is 0 Å². The van der Waals surface area contributed by atoms with Crippen molar-refractivity contribution in [3.63, 3.8) is 0 Å². The Morgan fingerprint density at radius 3 is 2.47 bits per heavy atom. The summed E-state index contributed by atoms with van der Waals surface area (Å²) >= 11 is 7.96. The summed E-state index contributed by atoms with van der Waals surface area (Å²) in [6, 6.07) is 16.4. The number of aromatic nitrogens is 3. The molecule has 1 saturated heterocycles. The zero-order valence-electron chi connectivity index (χ0n) is 26.9. The van der Waals surface area contributed by atoms with Crippen molar-refractivity contribution in [2.24, 2.45) is 0 Å². The number of halogens is 1. The van der Waals surface area contributed by atoms with E-state index in [0.29, 0.717) is 10.9 Å². The summed E-state index contributed by atoms with van der Waals surface area (Å²) in [7, 11) is 0. The van der Waals surface area contributed by atoms with Gasteiger partial charge in [0.2, 0.25) is 0 Å². The second-order valence-electron chi connectivity index (χ2n) is 12.7. The number of carbonyl (C=O) groups is 1. The Labute approximate surface area is 273 Å². The van der Waals surface area contributed by atoms with Crippen LogP contribution in [-0.2, 0) is 20.8 Å². The van der Waals surface area contributed by atoms with E-state index in [4.69, 9.17) is 31.2 Å². The first-order valence-electron chi connectivity index (χ1n) is 15.8. The van der Waals surface area contributed by atoms with Crippen LogP contribution in [-0.4, -0.2) is 46.0 Å². The van der Waals surface area contributed by atoms with Crippen LogP contribution in [0.2, 0.25) is 5.02 Å². The molecule has 0 radical (unpaired) electrons. The lowest BCUT2D eigenvalue weighted by Gasteiger charge is -2.29. The fourth-order valence-corrected chi connectivity index (χ4v) is 7.59. The molecule has 2 aromatic heterocycles. The summed E-state index contributed by atoms with van der Waals surface area (Å²) < 4.78 is 15.1. The lowest BCUT2D eigenvalue weighted by Crippen LogP contribution is -2.29. The van der Waals surface area contributed by atoms with Crippen LogP contribution in [0.3, 0.4) is 0 Å². The van der Waals surface area contributed by atoms with Crippen LogP contribution in [0.4, 0.5) is 0 Å². The molecule has 1 aliphatic rings. The molecule has 1 N–H and O–H groups in total. The highest BCUT2D eigenvalue weighted by molar-refractivity contribution is 7.22. The number of nitrogens with one attached hydrogen (secondary N) is 1. The molecule has 45 heavy (non-hydrogen) atoms. The molecule has 9 heteroatoms. The number of carbonyl (C=O) groups excluding carboxylic acids is 1. The van der Waals surface area contributed by atoms with Crippen LogP contribution >= 0.6 is 22.9 Å². The number of rotatable bonds is 8. The average Bonchev–Trinajstić information content (AvgIpc) is 3.61. The molecule has 236 valence electrons. The maximum absolute atomic E-state index is 13.5. The van der Waals surface area contributed by atoms with Crippen molar-refractivity contribution in [3.8, 4) is 21.7 Å². The number of nitrogens with zero attached hydrogens (tertiary/aromatic N) is 3. The van der Waals surface area contributed by atoms with Gasteiger partial charge in [0.15, 0.2) is 6.10 Å². The van der Waals surface area contributed by atoms with Crippen LogP contribution in [0.15, 0.2) is 48.5 Å². The maximum atomic E-state index is 13.5. The maximum Gasteiger partial charge on any atom is 0.339 e. The van der Waals surface area contributed by atoms with Gasteiger partial charge < -0.3 is 14.8 Å². The number of hydrogen-bond donors (Lipinski definition) is 1. The van der Waals surface area contributed by atoms with E-state index in [0.717, 1.165) is 81.0 Å². The van der Waals surface area contributed by atoms with Gasteiger partial charge in [-0.25, -0.2) is 9.78 Å². The van der Waals surface area contributed by atoms with Crippen LogP contribution in [0, 0.1) is 6.92 Å². The van der Waals surface area contributed by atoms with Crippen molar-refractivity contribution in [1.29, 1.82) is 0 Å². The van der Waals surface area contributed by atoms with Crippen molar-refractivity contribution in [3.05, 3.63) is 70.4 Å². The first-order valence-corrected chi connectivity index (χ1v) is 17.0. The van der Waals surface area contributed by atoms with E-state index in [1.165, 1.54) is 11.1 Å². The van der Waals surface area contributed by atoms with Crippen molar-refractivity contribution < 1.29 is 14.3 Å². The second-order valence-corrected chi connectivity index (χ2v) is 14.1. The van der Waals surface area contributed by atoms with E-state index in [9.17, 15) is 4.79 Å². The monoisotopic (exact) mass is 644 g/mol. The molecule has 0 bridgehead atoms. The van der Waals surface area contributed by atoms with E-state index in [2.05, 4.69) is 41.2 Å². The zero-order valence-corrected chi connectivity index (χ0v) is 28.4. The summed E-state index contributed by atoms with van der Waals surface area (Å²) in [5.41, 5.74) is 7.27. The third kappa shape index (κ3) is 6.39. The molecular formula is C36H41ClN4O3S. The number of benzene rings is 3. The van der Waals surface area contributed by atoms with E-state index in [1.807, 2.05) is 58.9 Å². The third-order valence-electron chi connectivity index (χ3n) is 8.35. The number of piperidine rings is 1. The number of esters is 1. The van der Waals surface area contributed by atoms with Gasteiger partial charge in [-0.2, -0.15) is 5.10 Å². The van der Waals surface area contributed by atoms with Crippen LogP contribution < -0.4 is 5.32 Å². The van der Waals surface area contributed by atoms with Gasteiger partial charge in [-0.05, 0) is 115 Å². The van der Waals surface area contributed by atoms with Gasteiger partial charge >= 0.3 is 5.97 Å². The van der Waals surface area contributed by atoms with Gasteiger partial charge in [0.1, 0.15) is 5.01 Å². The number of ether oxygens (including phenoxy) is 2. The Morgan fingerprint density at radius 2 is 1.80 bits per heavy atom. The molecule has 0 saturated carbocycles. The molecule has 1 aliphatic heterocycles. The Bertz CT molecular complexity index is 1850. The van der Waals surface area contributed by atoms with Crippen molar-refractivity contribution >= 4 is 50.0 Å². The topological polar surface area (TPSA) is 78.3 Å². The van der Waals surface area contributed by atoms with Gasteiger partial charge in [-0.15, -0.1) is 11.3 Å². The Balaban J connectivity index is 1.56. The fraction of sp³-hybridized carbons (Fsp3) is 0.417. The summed E-state index contributed by atoms with van der Waals surface area (Å²) in [4.78, 5) is 18.7. The summed E-state index contributed by atoms with van der Waals surface area (Å²) in [5.74, 6) is 0.0372. The second kappa shape index (κ2) is 12.8. The van der Waals surface area contributed by atoms with E-state index in [1.54, 1.807) is 11.3 Å². The lowest BCUT2D eigenvalue weighted by molar-refractivity contribution is -0.166. The highest BCUT2D eigenvalue weighted by Crippen LogP contribution is 2.45. The van der Waals surface area contributed by atoms with E-state index in [-0.39, 0.29) is 6.61 Å². The van der Waals surface area contributed by atoms with Gasteiger partial charge in [0.25, 0.3) is 0 Å². The Hall–Kier alpha value is -3.30. The molecule has 1 fully saturated rings. The Morgan fingerprint density at radius 1 is 1.09 bits per heavy atom. The van der Waals surface area contributed by atoms with Crippen LogP contribution in [0.1, 0.15) is 76.3 Å². The molecule has 0 spiro atoms. The van der Waals surface area contributed by atoms with Gasteiger partial charge in [0.05, 0.1) is 33.6 Å². The molecule has 0 aliphatic carbocycles. The summed E-state index contributed by atoms with van der Waals surface area (Å²) in [6.45, 7) is 15.0. The third-order valence-corrected chi connectivity index (χ3v) is 9.74. The fourth-order valence-electron chi connectivity index (χ4n) is 6.35. The predicted octanol–water partition coefficient (Wildman–Crippen LogP) is 8.85. The highest BCUT2D eigenvalue weighted by atomic mass is 35.5. The molecule has 3 aromatic carbocycles. The lowest BCUT2D eigenvalue weighted by atomic mass is 9.91. The molecule has 5 aromatic rings. The molecular weight excluding hydrogens is 604 g/mol. The molecule has 7 nitrogen and oxygen atoms in total. The molecule has 1 atom stereocenters. The quantitative estimate of drug-likeness (QED) is 0.170. The van der Waals surface area contributed by atoms with Gasteiger partial charge in [-0.3, -0.25) is 4.68 Å². The first kappa shape index (κ1) is 31.7. The molecule has 0 amide bonds. The Kier molecular flexibility index (Phi) is 9.03. The van der Waals surface area contributed by atoms with Crippen molar-refractivity contribution in [2.75, 3.05) is 19.7 Å². The number of aryl methyl sites for hydroxylation is 2. The summed E-state index contributed by atoms with van der Waals surface area (Å²) in [5, 5.41) is 11.3. The minimum absolute atomic E-state index is 0.265. The minimum Gasteiger partial charge on any atom is -0.464 e. The van der Waals surface area contributed by atoms with Crippen LogP contribution in [0.25, 0.3) is 42.8 Å². The minimum atomic E-state index is -0.908. The first-order chi connectivity index (χ1) is 21.6. The van der Waals surface area contributed by atoms with Gasteiger partial charge in [0, 0.05) is 39.6 Å². The number of thiazole rings is 1. The van der Waals surface area contributed by atoms with Crippen molar-refractivity contribution in [2.45, 2.75) is 78.6 Å². The van der Waals surface area contributed by atoms with Gasteiger partial charge in [-0.1, -0.05) is 23.7 Å². The highest BCUT2D eigenvalue weighted by Gasteiger charge is 2.33. The number of hydrogen-bond acceptors (Lipinski definition) is 7. The molecule has 0 unspecified atom stereocenters. The largest absolute Gasteiger partial charge is 0.464 e. The molecule has 3 heterocycles. The number of fused-ring (bicyclic) bond motifs is 2. The SMILES string of the molecule is CCOC(=O)[C@@H](OC(C)(C)C)c1c(C)cc2nc(-c3ccc4c(c3)c(C3CCNCC3)nn4CC)sc2c1-c1ccc(Cl)cc1.